The van der Waals surface area contributed by atoms with Crippen molar-refractivity contribution in [3.63, 3.8) is 0 Å². The summed E-state index contributed by atoms with van der Waals surface area (Å²) in [5, 5.41) is 9.34. The van der Waals surface area contributed by atoms with Crippen molar-refractivity contribution in [3.05, 3.63) is 35.9 Å². The normalized spacial score (nSPS) is 18.9. The summed E-state index contributed by atoms with van der Waals surface area (Å²) in [6, 6.07) is 8.99. The predicted molar refractivity (Wildman–Crippen MR) is 67.2 cm³/mol. The Morgan fingerprint density at radius 1 is 1.22 bits per heavy atom. The van der Waals surface area contributed by atoms with Crippen molar-refractivity contribution in [2.45, 2.75) is 25.4 Å². The lowest BCUT2D eigenvalue weighted by Crippen LogP contribution is -2.29. The van der Waals surface area contributed by atoms with Crippen LogP contribution in [0.15, 0.2) is 30.3 Å². The highest BCUT2D eigenvalue weighted by molar-refractivity contribution is 5.97. The molecule has 1 heterocycles. The first kappa shape index (κ1) is 12.8. The highest BCUT2D eigenvalue weighted by atomic mass is 16.3. The number of amides is 1. The minimum Gasteiger partial charge on any atom is -0.391 e. The molecule has 0 aromatic heterocycles. The van der Waals surface area contributed by atoms with E-state index < -0.39 is 6.10 Å². The Bertz CT molecular complexity index is 430. The van der Waals surface area contributed by atoms with Crippen LogP contribution in [0.2, 0.25) is 0 Å². The summed E-state index contributed by atoms with van der Waals surface area (Å²) in [5.41, 5.74) is 0.645. The van der Waals surface area contributed by atoms with Crippen molar-refractivity contribution in [1.29, 1.82) is 0 Å². The molecule has 4 nitrogen and oxygen atoms in total. The smallest absolute Gasteiger partial charge is 0.223 e. The van der Waals surface area contributed by atoms with Crippen LogP contribution in [0.4, 0.5) is 0 Å². The Hall–Kier alpha value is -1.68. The maximum absolute atomic E-state index is 11.8. The van der Waals surface area contributed by atoms with Gasteiger partial charge in [0.25, 0.3) is 0 Å². The van der Waals surface area contributed by atoms with E-state index in [0.29, 0.717) is 25.1 Å². The van der Waals surface area contributed by atoms with E-state index in [9.17, 15) is 14.7 Å². The van der Waals surface area contributed by atoms with Crippen LogP contribution in [0.5, 0.6) is 0 Å². The van der Waals surface area contributed by atoms with E-state index in [4.69, 9.17) is 0 Å². The van der Waals surface area contributed by atoms with E-state index >= 15 is 0 Å². The van der Waals surface area contributed by atoms with Gasteiger partial charge in [-0.2, -0.15) is 0 Å². The molecule has 1 fully saturated rings. The Morgan fingerprint density at radius 2 is 1.94 bits per heavy atom. The number of benzene rings is 1. The van der Waals surface area contributed by atoms with Crippen LogP contribution in [0.1, 0.15) is 29.6 Å². The van der Waals surface area contributed by atoms with Crippen LogP contribution >= 0.6 is 0 Å². The first-order chi connectivity index (χ1) is 8.66. The number of carbonyl (C=O) groups excluding carboxylic acids is 2. The highest BCUT2D eigenvalue weighted by Gasteiger charge is 2.24. The maximum atomic E-state index is 11.8. The molecule has 2 rings (SSSR count). The lowest BCUT2D eigenvalue weighted by atomic mass is 10.1. The molecule has 96 valence electrons. The van der Waals surface area contributed by atoms with Gasteiger partial charge >= 0.3 is 0 Å². The van der Waals surface area contributed by atoms with Gasteiger partial charge in [0, 0.05) is 31.5 Å². The zero-order valence-electron chi connectivity index (χ0n) is 10.2. The number of carbonyl (C=O) groups is 2. The number of hydrogen-bond donors (Lipinski definition) is 1. The van der Waals surface area contributed by atoms with E-state index in [2.05, 4.69) is 0 Å². The van der Waals surface area contributed by atoms with Gasteiger partial charge < -0.3 is 10.0 Å². The Kier molecular flexibility index (Phi) is 4.10. The summed E-state index contributed by atoms with van der Waals surface area (Å²) >= 11 is 0. The van der Waals surface area contributed by atoms with E-state index in [1.807, 2.05) is 18.2 Å². The van der Waals surface area contributed by atoms with Crippen LogP contribution in [-0.2, 0) is 4.79 Å². The molecule has 0 spiro atoms. The molecule has 1 atom stereocenters. The Morgan fingerprint density at radius 3 is 2.56 bits per heavy atom. The van der Waals surface area contributed by atoms with Gasteiger partial charge in [0.15, 0.2) is 5.78 Å². The summed E-state index contributed by atoms with van der Waals surface area (Å²) in [7, 11) is 0. The molecule has 0 saturated carbocycles. The van der Waals surface area contributed by atoms with Gasteiger partial charge in [0.1, 0.15) is 0 Å². The zero-order valence-corrected chi connectivity index (χ0v) is 10.2. The number of Topliss-reactive ketones (excluding diaryl/α,β-unsaturated/α-hetero) is 1. The molecular formula is C14H17NO3. The van der Waals surface area contributed by atoms with Crippen molar-refractivity contribution in [2.24, 2.45) is 0 Å². The zero-order chi connectivity index (χ0) is 13.0. The van der Waals surface area contributed by atoms with E-state index in [-0.39, 0.29) is 24.5 Å². The minimum absolute atomic E-state index is 0.0105. The van der Waals surface area contributed by atoms with Gasteiger partial charge in [0.05, 0.1) is 6.10 Å². The van der Waals surface area contributed by atoms with Crippen LogP contribution in [0, 0.1) is 0 Å². The van der Waals surface area contributed by atoms with Crippen LogP contribution in [0.25, 0.3) is 0 Å². The van der Waals surface area contributed by atoms with Crippen molar-refractivity contribution < 1.29 is 14.7 Å². The largest absolute Gasteiger partial charge is 0.391 e. The fourth-order valence-electron chi connectivity index (χ4n) is 2.12. The first-order valence-corrected chi connectivity index (χ1v) is 6.21. The molecule has 1 aromatic rings. The average molecular weight is 247 g/mol. The molecule has 1 aliphatic heterocycles. The average Bonchev–Trinajstić information content (AvgIpc) is 2.83. The van der Waals surface area contributed by atoms with E-state index in [1.54, 1.807) is 17.0 Å². The number of rotatable bonds is 4. The molecule has 0 aliphatic carbocycles. The molecule has 1 aromatic carbocycles. The molecule has 0 radical (unpaired) electrons. The van der Waals surface area contributed by atoms with Crippen LogP contribution in [-0.4, -0.2) is 40.9 Å². The first-order valence-electron chi connectivity index (χ1n) is 6.21. The Balaban J connectivity index is 1.81. The lowest BCUT2D eigenvalue weighted by molar-refractivity contribution is -0.130. The SMILES string of the molecule is O=C(CCC(=O)N1CC[C@@H](O)C1)c1ccccc1. The maximum Gasteiger partial charge on any atom is 0.223 e. The number of hydrogen-bond acceptors (Lipinski definition) is 3. The summed E-state index contributed by atoms with van der Waals surface area (Å²) in [6.45, 7) is 0.998. The second kappa shape index (κ2) is 5.78. The number of aliphatic hydroxyl groups excluding tert-OH is 1. The van der Waals surface area contributed by atoms with Gasteiger partial charge in [0.2, 0.25) is 5.91 Å². The monoisotopic (exact) mass is 247 g/mol. The van der Waals surface area contributed by atoms with Crippen LogP contribution in [0.3, 0.4) is 0 Å². The number of likely N-dealkylation sites (tertiary alicyclic amines) is 1. The second-order valence-electron chi connectivity index (χ2n) is 4.57. The van der Waals surface area contributed by atoms with Crippen molar-refractivity contribution >= 4 is 11.7 Å². The molecule has 4 heteroatoms. The van der Waals surface area contributed by atoms with Gasteiger partial charge in [-0.05, 0) is 6.42 Å². The molecular weight excluding hydrogens is 230 g/mol. The molecule has 1 aliphatic rings. The predicted octanol–water partition coefficient (Wildman–Crippen LogP) is 1.24. The molecule has 1 N–H and O–H groups in total. The summed E-state index contributed by atoms with van der Waals surface area (Å²) < 4.78 is 0. The molecule has 18 heavy (non-hydrogen) atoms. The third kappa shape index (κ3) is 3.17. The van der Waals surface area contributed by atoms with Crippen molar-refractivity contribution in [1.82, 2.24) is 4.90 Å². The fourth-order valence-corrected chi connectivity index (χ4v) is 2.12. The summed E-state index contributed by atoms with van der Waals surface area (Å²) in [4.78, 5) is 25.2. The van der Waals surface area contributed by atoms with Gasteiger partial charge in [-0.3, -0.25) is 9.59 Å². The van der Waals surface area contributed by atoms with Gasteiger partial charge in [-0.15, -0.1) is 0 Å². The van der Waals surface area contributed by atoms with E-state index in [0.717, 1.165) is 0 Å². The molecule has 0 unspecified atom stereocenters. The molecule has 1 saturated heterocycles. The second-order valence-corrected chi connectivity index (χ2v) is 4.57. The van der Waals surface area contributed by atoms with Crippen molar-refractivity contribution in [2.75, 3.05) is 13.1 Å². The lowest BCUT2D eigenvalue weighted by Gasteiger charge is -2.14. The standard InChI is InChI=1S/C14H17NO3/c16-12-8-9-15(10-12)14(18)7-6-13(17)11-4-2-1-3-5-11/h1-5,12,16H,6-10H2/t12-/m1/s1. The topological polar surface area (TPSA) is 57.6 Å². The number of ketones is 1. The summed E-state index contributed by atoms with van der Waals surface area (Å²) in [5.74, 6) is -0.0560. The van der Waals surface area contributed by atoms with Crippen molar-refractivity contribution in [3.8, 4) is 0 Å². The third-order valence-corrected chi connectivity index (χ3v) is 3.18. The molecule has 0 bridgehead atoms. The van der Waals surface area contributed by atoms with Gasteiger partial charge in [-0.25, -0.2) is 0 Å². The molecule has 1 amide bonds. The number of aliphatic hydroxyl groups is 1. The van der Waals surface area contributed by atoms with Crippen LogP contribution < -0.4 is 0 Å². The number of nitrogens with zero attached hydrogens (tertiary/aromatic N) is 1. The third-order valence-electron chi connectivity index (χ3n) is 3.18. The van der Waals surface area contributed by atoms with E-state index in [1.165, 1.54) is 0 Å². The quantitative estimate of drug-likeness (QED) is 0.814. The summed E-state index contributed by atoms with van der Waals surface area (Å²) in [6.07, 6.45) is 0.688. The fraction of sp³-hybridized carbons (Fsp3) is 0.429. The minimum atomic E-state index is -0.404. The highest BCUT2D eigenvalue weighted by Crippen LogP contribution is 2.12. The Labute approximate surface area is 106 Å². The number of β-amino-alcohol motifs (C(OH)–C–C–N with tert-alkyl or cyclic N) is 1. The van der Waals surface area contributed by atoms with Gasteiger partial charge in [-0.1, -0.05) is 30.3 Å².